The summed E-state index contributed by atoms with van der Waals surface area (Å²) in [7, 11) is 0. The number of nitro benzene ring substituents is 1. The molecule has 0 aliphatic heterocycles. The molecule has 0 saturated heterocycles. The van der Waals surface area contributed by atoms with Crippen LogP contribution in [0, 0.1) is 21.3 Å². The standard InChI is InChI=1S/C12H13FN2O4/c13-8-1-2-9(10(5-8)15(18)19)11(17)14-6-12(7-16)3-4-12/h1-2,5,16H,3-4,6-7H2,(H,14,17). The Morgan fingerprint density at radius 1 is 1.53 bits per heavy atom. The topological polar surface area (TPSA) is 92.5 Å². The molecule has 19 heavy (non-hydrogen) atoms. The van der Waals surface area contributed by atoms with Gasteiger partial charge in [-0.1, -0.05) is 0 Å². The molecule has 6 nitrogen and oxygen atoms in total. The van der Waals surface area contributed by atoms with E-state index in [0.717, 1.165) is 25.0 Å². The minimum atomic E-state index is -0.795. The molecule has 0 heterocycles. The van der Waals surface area contributed by atoms with E-state index in [1.807, 2.05) is 0 Å². The van der Waals surface area contributed by atoms with Gasteiger partial charge in [-0.05, 0) is 25.0 Å². The van der Waals surface area contributed by atoms with Gasteiger partial charge in [0.2, 0.25) is 0 Å². The first-order valence-corrected chi connectivity index (χ1v) is 5.80. The molecule has 0 aromatic heterocycles. The summed E-state index contributed by atoms with van der Waals surface area (Å²) >= 11 is 0. The lowest BCUT2D eigenvalue weighted by molar-refractivity contribution is -0.385. The molecule has 1 aliphatic rings. The fraction of sp³-hybridized carbons (Fsp3) is 0.417. The van der Waals surface area contributed by atoms with Crippen LogP contribution in [0.15, 0.2) is 18.2 Å². The molecule has 0 bridgehead atoms. The van der Waals surface area contributed by atoms with Gasteiger partial charge in [0.15, 0.2) is 0 Å². The van der Waals surface area contributed by atoms with Gasteiger partial charge in [-0.15, -0.1) is 0 Å². The summed E-state index contributed by atoms with van der Waals surface area (Å²) in [5, 5.41) is 22.4. The Hall–Kier alpha value is -2.02. The first-order chi connectivity index (χ1) is 8.97. The number of hydrogen-bond donors (Lipinski definition) is 2. The van der Waals surface area contributed by atoms with E-state index in [-0.39, 0.29) is 24.1 Å². The maximum atomic E-state index is 12.9. The highest BCUT2D eigenvalue weighted by atomic mass is 19.1. The van der Waals surface area contributed by atoms with Crippen molar-refractivity contribution in [2.75, 3.05) is 13.2 Å². The summed E-state index contributed by atoms with van der Waals surface area (Å²) in [5.41, 5.74) is -1.03. The summed E-state index contributed by atoms with van der Waals surface area (Å²) in [6.45, 7) is 0.232. The molecular weight excluding hydrogens is 255 g/mol. The molecule has 1 aromatic carbocycles. The van der Waals surface area contributed by atoms with E-state index >= 15 is 0 Å². The Kier molecular flexibility index (Phi) is 3.48. The Labute approximate surface area is 108 Å². The quantitative estimate of drug-likeness (QED) is 0.620. The molecule has 1 aliphatic carbocycles. The van der Waals surface area contributed by atoms with Crippen LogP contribution >= 0.6 is 0 Å². The van der Waals surface area contributed by atoms with E-state index in [1.165, 1.54) is 0 Å². The van der Waals surface area contributed by atoms with Crippen LogP contribution in [0.4, 0.5) is 10.1 Å². The Morgan fingerprint density at radius 3 is 2.74 bits per heavy atom. The van der Waals surface area contributed by atoms with Crippen LogP contribution < -0.4 is 5.32 Å². The summed E-state index contributed by atoms with van der Waals surface area (Å²) in [5.74, 6) is -1.40. The van der Waals surface area contributed by atoms with E-state index in [9.17, 15) is 19.3 Å². The second-order valence-corrected chi connectivity index (χ2v) is 4.76. The lowest BCUT2D eigenvalue weighted by Crippen LogP contribution is -2.32. The van der Waals surface area contributed by atoms with Crippen LogP contribution in [0.5, 0.6) is 0 Å². The van der Waals surface area contributed by atoms with Crippen molar-refractivity contribution >= 4 is 11.6 Å². The zero-order valence-electron chi connectivity index (χ0n) is 10.1. The number of hydrogen-bond acceptors (Lipinski definition) is 4. The second-order valence-electron chi connectivity index (χ2n) is 4.76. The van der Waals surface area contributed by atoms with Crippen molar-refractivity contribution in [1.29, 1.82) is 0 Å². The minimum absolute atomic E-state index is 0.0290. The monoisotopic (exact) mass is 268 g/mol. The number of carbonyl (C=O) groups is 1. The minimum Gasteiger partial charge on any atom is -0.396 e. The van der Waals surface area contributed by atoms with Crippen LogP contribution in [0.2, 0.25) is 0 Å². The van der Waals surface area contributed by atoms with Gasteiger partial charge in [0.1, 0.15) is 11.4 Å². The molecule has 1 amide bonds. The molecule has 1 fully saturated rings. The average Bonchev–Trinajstić information content (AvgIpc) is 3.16. The first kappa shape index (κ1) is 13.4. The first-order valence-electron chi connectivity index (χ1n) is 5.80. The van der Waals surface area contributed by atoms with Gasteiger partial charge in [0.05, 0.1) is 17.6 Å². The number of amides is 1. The molecule has 7 heteroatoms. The van der Waals surface area contributed by atoms with Crippen LogP contribution in [0.25, 0.3) is 0 Å². The molecule has 1 saturated carbocycles. The largest absolute Gasteiger partial charge is 0.396 e. The lowest BCUT2D eigenvalue weighted by atomic mass is 10.1. The molecular formula is C12H13FN2O4. The number of carbonyl (C=O) groups excluding carboxylic acids is 1. The van der Waals surface area contributed by atoms with Crippen molar-refractivity contribution < 1.29 is 19.2 Å². The summed E-state index contributed by atoms with van der Waals surface area (Å²) in [6.07, 6.45) is 1.63. The second kappa shape index (κ2) is 4.93. The summed E-state index contributed by atoms with van der Waals surface area (Å²) in [6, 6.07) is 2.80. The van der Waals surface area contributed by atoms with Gasteiger partial charge in [-0.25, -0.2) is 4.39 Å². The number of halogens is 1. The van der Waals surface area contributed by atoms with Gasteiger partial charge in [-0.2, -0.15) is 0 Å². The van der Waals surface area contributed by atoms with Crippen molar-refractivity contribution in [3.63, 3.8) is 0 Å². The molecule has 0 unspecified atom stereocenters. The third-order valence-corrected chi connectivity index (χ3v) is 3.32. The highest BCUT2D eigenvalue weighted by molar-refractivity contribution is 5.98. The van der Waals surface area contributed by atoms with E-state index in [0.29, 0.717) is 6.07 Å². The fourth-order valence-electron chi connectivity index (χ4n) is 1.78. The van der Waals surface area contributed by atoms with Gasteiger partial charge in [0.25, 0.3) is 11.6 Å². The number of aliphatic hydroxyl groups excluding tert-OH is 1. The lowest BCUT2D eigenvalue weighted by Gasteiger charge is -2.12. The maximum Gasteiger partial charge on any atom is 0.285 e. The molecule has 2 rings (SSSR count). The zero-order valence-corrected chi connectivity index (χ0v) is 10.1. The van der Waals surface area contributed by atoms with Gasteiger partial charge >= 0.3 is 0 Å². The predicted molar refractivity (Wildman–Crippen MR) is 64.1 cm³/mol. The predicted octanol–water partition coefficient (Wildman–Crippen LogP) is 1.24. The number of nitrogens with zero attached hydrogens (tertiary/aromatic N) is 1. The van der Waals surface area contributed by atoms with Crippen LogP contribution in [0.3, 0.4) is 0 Å². The van der Waals surface area contributed by atoms with Gasteiger partial charge < -0.3 is 10.4 Å². The van der Waals surface area contributed by atoms with Gasteiger partial charge in [0, 0.05) is 12.0 Å². The highest BCUT2D eigenvalue weighted by Crippen LogP contribution is 2.44. The molecule has 0 atom stereocenters. The van der Waals surface area contributed by atoms with E-state index < -0.39 is 22.3 Å². The van der Waals surface area contributed by atoms with E-state index in [1.54, 1.807) is 0 Å². The maximum absolute atomic E-state index is 12.9. The SMILES string of the molecule is O=C(NCC1(CO)CC1)c1ccc(F)cc1[N+](=O)[O-]. The number of nitrogens with one attached hydrogen (secondary N) is 1. The van der Waals surface area contributed by atoms with Crippen LogP contribution in [-0.4, -0.2) is 29.1 Å². The Balaban J connectivity index is 2.12. The fourth-order valence-corrected chi connectivity index (χ4v) is 1.78. The smallest absolute Gasteiger partial charge is 0.285 e. The molecule has 2 N–H and O–H groups in total. The van der Waals surface area contributed by atoms with Crippen LogP contribution in [-0.2, 0) is 0 Å². The van der Waals surface area contributed by atoms with Crippen LogP contribution in [0.1, 0.15) is 23.2 Å². The average molecular weight is 268 g/mol. The summed E-state index contributed by atoms with van der Waals surface area (Å²) < 4.78 is 12.9. The molecule has 102 valence electrons. The van der Waals surface area contributed by atoms with E-state index in [4.69, 9.17) is 5.11 Å². The number of aliphatic hydroxyl groups is 1. The van der Waals surface area contributed by atoms with Crippen molar-refractivity contribution in [3.05, 3.63) is 39.7 Å². The van der Waals surface area contributed by atoms with Crippen molar-refractivity contribution in [3.8, 4) is 0 Å². The van der Waals surface area contributed by atoms with Crippen molar-refractivity contribution in [2.24, 2.45) is 5.41 Å². The molecule has 0 spiro atoms. The zero-order chi connectivity index (χ0) is 14.0. The van der Waals surface area contributed by atoms with E-state index in [2.05, 4.69) is 5.32 Å². The van der Waals surface area contributed by atoms with Crippen molar-refractivity contribution in [1.82, 2.24) is 5.32 Å². The third kappa shape index (κ3) is 2.87. The van der Waals surface area contributed by atoms with Crippen molar-refractivity contribution in [2.45, 2.75) is 12.8 Å². The third-order valence-electron chi connectivity index (χ3n) is 3.32. The highest BCUT2D eigenvalue weighted by Gasteiger charge is 2.42. The Morgan fingerprint density at radius 2 is 2.21 bits per heavy atom. The molecule has 0 radical (unpaired) electrons. The number of benzene rings is 1. The normalized spacial score (nSPS) is 15.9. The number of rotatable bonds is 5. The molecule has 1 aromatic rings. The Bertz CT molecular complexity index is 528. The van der Waals surface area contributed by atoms with Gasteiger partial charge in [-0.3, -0.25) is 14.9 Å². The summed E-state index contributed by atoms with van der Waals surface area (Å²) in [4.78, 5) is 21.8. The number of nitro groups is 1.